The van der Waals surface area contributed by atoms with Crippen LogP contribution in [-0.2, 0) is 12.4 Å². The van der Waals surface area contributed by atoms with Gasteiger partial charge < -0.3 is 9.80 Å². The summed E-state index contributed by atoms with van der Waals surface area (Å²) >= 11 is 0. The molecule has 0 fully saturated rings. The maximum Gasteiger partial charge on any atom is 0.418 e. The molecule has 8 heteroatoms. The molecule has 4 aliphatic carbocycles. The lowest BCUT2D eigenvalue weighted by atomic mass is 9.67. The Kier molecular flexibility index (Phi) is 13.5. The summed E-state index contributed by atoms with van der Waals surface area (Å²) in [5.74, 6) is -0.503. The van der Waals surface area contributed by atoms with Gasteiger partial charge in [-0.25, -0.2) is 0 Å². The third-order valence-electron chi connectivity index (χ3n) is 16.7. The number of halogens is 6. The van der Waals surface area contributed by atoms with Gasteiger partial charge in [0.15, 0.2) is 0 Å². The van der Waals surface area contributed by atoms with Gasteiger partial charge in [0.25, 0.3) is 0 Å². The van der Waals surface area contributed by atoms with Crippen LogP contribution in [0.25, 0.3) is 44.5 Å². The Labute approximate surface area is 476 Å². The second-order valence-electron chi connectivity index (χ2n) is 22.4. The summed E-state index contributed by atoms with van der Waals surface area (Å²) in [5.41, 5.74) is 19.7. The van der Waals surface area contributed by atoms with Gasteiger partial charge in [-0.15, -0.1) is 0 Å². The second-order valence-corrected chi connectivity index (χ2v) is 22.4. The summed E-state index contributed by atoms with van der Waals surface area (Å²) < 4.78 is 94.3. The van der Waals surface area contributed by atoms with Gasteiger partial charge in [0, 0.05) is 22.7 Å². The van der Waals surface area contributed by atoms with Crippen molar-refractivity contribution in [2.24, 2.45) is 5.92 Å². The van der Waals surface area contributed by atoms with E-state index in [0.29, 0.717) is 17.1 Å². The van der Waals surface area contributed by atoms with Crippen molar-refractivity contribution in [3.05, 3.63) is 296 Å². The number of aryl methyl sites for hydroxylation is 8. The van der Waals surface area contributed by atoms with E-state index in [1.807, 2.05) is 138 Å². The fraction of sp³-hybridized carbons (Fsp3) is 0.162. The first-order valence-corrected chi connectivity index (χ1v) is 27.7. The van der Waals surface area contributed by atoms with Crippen LogP contribution < -0.4 is 9.80 Å². The maximum atomic E-state index is 15.7. The molecule has 0 saturated heterocycles. The van der Waals surface area contributed by atoms with Crippen LogP contribution in [0.5, 0.6) is 0 Å². The normalized spacial score (nSPS) is 16.3. The molecule has 2 unspecified atom stereocenters. The monoisotopic (exact) mass is 1090 g/mol. The van der Waals surface area contributed by atoms with Gasteiger partial charge in [0.05, 0.1) is 39.9 Å². The highest BCUT2D eigenvalue weighted by atomic mass is 19.4. The summed E-state index contributed by atoms with van der Waals surface area (Å²) in [6.45, 7) is 16.3. The quantitative estimate of drug-likeness (QED) is 0.126. The van der Waals surface area contributed by atoms with Gasteiger partial charge in [-0.05, 0) is 193 Å². The third-order valence-corrected chi connectivity index (χ3v) is 16.7. The number of nitrogens with zero attached hydrogens (tertiary/aromatic N) is 2. The molecule has 0 radical (unpaired) electrons. The van der Waals surface area contributed by atoms with Gasteiger partial charge in [-0.1, -0.05) is 174 Å². The van der Waals surface area contributed by atoms with E-state index in [2.05, 4.69) is 80.6 Å². The van der Waals surface area contributed by atoms with Crippen molar-refractivity contribution < 1.29 is 26.3 Å². The molecule has 8 aromatic carbocycles. The lowest BCUT2D eigenvalue weighted by Crippen LogP contribution is -2.38. The van der Waals surface area contributed by atoms with Crippen LogP contribution in [0, 0.1) is 61.3 Å². The zero-order valence-electron chi connectivity index (χ0n) is 46.9. The second kappa shape index (κ2) is 20.6. The molecule has 0 aliphatic heterocycles. The van der Waals surface area contributed by atoms with Crippen molar-refractivity contribution in [3.63, 3.8) is 0 Å². The number of benzene rings is 8. The molecule has 0 heterocycles. The van der Waals surface area contributed by atoms with Crippen molar-refractivity contribution in [1.82, 2.24) is 0 Å². The van der Waals surface area contributed by atoms with Crippen LogP contribution in [0.1, 0.15) is 55.6 Å². The minimum absolute atomic E-state index is 0.0139. The topological polar surface area (TPSA) is 6.48 Å². The molecule has 2 nitrogen and oxygen atoms in total. The van der Waals surface area contributed by atoms with Crippen LogP contribution in [0.4, 0.5) is 49.1 Å². The number of anilines is 4. The standard InChI is InChI=1S/C74H60F6N2/c1-43-17-21-47(5)57(37-43)53-29-35-67(61(41-53)59-39-45(3)19-23-49(59)7)81(69-15-11-9-13-63(69)73(75,76)77)65-33-27-51-26-32-56-66(34-28-52-25-31-55(65)71(51)72(52)56)82(70-16-12-10-14-64(70)74(78,79)80)68-36-30-54(58-38-44(2)18-22-48(58)6)42-62(68)60-40-46(4)20-24-50(60)8/h9-42,65,72H,1-8H3. The fourth-order valence-electron chi connectivity index (χ4n) is 12.6. The minimum Gasteiger partial charge on any atom is -0.329 e. The average molecular weight is 1090 g/mol. The predicted molar refractivity (Wildman–Crippen MR) is 325 cm³/mol. The number of rotatable bonds is 10. The number of allylic oxidation sites excluding steroid dienone is 10. The molecule has 12 rings (SSSR count). The van der Waals surface area contributed by atoms with E-state index < -0.39 is 35.4 Å². The molecule has 0 N–H and O–H groups in total. The van der Waals surface area contributed by atoms with Crippen molar-refractivity contribution in [2.45, 2.75) is 73.8 Å². The molecule has 0 amide bonds. The van der Waals surface area contributed by atoms with Crippen molar-refractivity contribution in [2.75, 3.05) is 9.80 Å². The highest BCUT2D eigenvalue weighted by Crippen LogP contribution is 2.55. The van der Waals surface area contributed by atoms with Crippen molar-refractivity contribution in [3.8, 4) is 44.5 Å². The lowest BCUT2D eigenvalue weighted by molar-refractivity contribution is -0.137. The first-order valence-electron chi connectivity index (χ1n) is 27.7. The molecule has 0 bridgehead atoms. The van der Waals surface area contributed by atoms with E-state index in [4.69, 9.17) is 0 Å². The summed E-state index contributed by atoms with van der Waals surface area (Å²) in [6.07, 6.45) is 6.49. The Morgan fingerprint density at radius 2 is 0.866 bits per heavy atom. The first-order chi connectivity index (χ1) is 39.2. The third kappa shape index (κ3) is 9.57. The molecule has 408 valence electrons. The van der Waals surface area contributed by atoms with Gasteiger partial charge in [-0.3, -0.25) is 0 Å². The molecule has 2 atom stereocenters. The van der Waals surface area contributed by atoms with Gasteiger partial charge in [0.1, 0.15) is 0 Å². The van der Waals surface area contributed by atoms with Gasteiger partial charge >= 0.3 is 12.4 Å². The molecule has 8 aromatic rings. The Morgan fingerprint density at radius 3 is 1.41 bits per heavy atom. The summed E-state index contributed by atoms with van der Waals surface area (Å²) in [6, 6.07) is 47.9. The van der Waals surface area contributed by atoms with Crippen molar-refractivity contribution >= 4 is 22.7 Å². The van der Waals surface area contributed by atoms with Crippen LogP contribution in [-0.4, -0.2) is 6.04 Å². The Morgan fingerprint density at radius 1 is 0.390 bits per heavy atom. The molecule has 0 aromatic heterocycles. The summed E-state index contributed by atoms with van der Waals surface area (Å²) in [4.78, 5) is 3.62. The Balaban J connectivity index is 1.08. The molecule has 4 aliphatic rings. The number of hydrogen-bond acceptors (Lipinski definition) is 2. The van der Waals surface area contributed by atoms with Gasteiger partial charge in [-0.2, -0.15) is 26.3 Å². The van der Waals surface area contributed by atoms with Crippen LogP contribution in [0.3, 0.4) is 0 Å². The van der Waals surface area contributed by atoms with E-state index in [1.54, 1.807) is 29.2 Å². The first kappa shape index (κ1) is 53.7. The lowest BCUT2D eigenvalue weighted by Gasteiger charge is -2.44. The Hall–Kier alpha value is -8.88. The number of para-hydroxylation sites is 2. The largest absolute Gasteiger partial charge is 0.418 e. The zero-order chi connectivity index (χ0) is 57.5. The van der Waals surface area contributed by atoms with E-state index in [9.17, 15) is 0 Å². The summed E-state index contributed by atoms with van der Waals surface area (Å²) in [7, 11) is 0. The molecule has 0 spiro atoms. The zero-order valence-corrected chi connectivity index (χ0v) is 46.9. The molecule has 82 heavy (non-hydrogen) atoms. The maximum absolute atomic E-state index is 15.7. The van der Waals surface area contributed by atoms with Crippen LogP contribution >= 0.6 is 0 Å². The van der Waals surface area contributed by atoms with E-state index in [-0.39, 0.29) is 11.4 Å². The predicted octanol–water partition coefficient (Wildman–Crippen LogP) is 20.9. The van der Waals surface area contributed by atoms with E-state index >= 15 is 26.3 Å². The van der Waals surface area contributed by atoms with Crippen LogP contribution in [0.15, 0.2) is 240 Å². The highest BCUT2D eigenvalue weighted by molar-refractivity contribution is 5.93. The minimum atomic E-state index is -4.73. The van der Waals surface area contributed by atoms with Crippen molar-refractivity contribution in [1.29, 1.82) is 0 Å². The highest BCUT2D eigenvalue weighted by Gasteiger charge is 2.44. The fourth-order valence-corrected chi connectivity index (χ4v) is 12.6. The average Bonchev–Trinajstić information content (AvgIpc) is 1.11. The number of hydrogen-bond donors (Lipinski definition) is 0. The summed E-state index contributed by atoms with van der Waals surface area (Å²) in [5, 5.41) is 0. The smallest absolute Gasteiger partial charge is 0.329 e. The van der Waals surface area contributed by atoms with E-state index in [1.165, 1.54) is 12.1 Å². The molecular weight excluding hydrogens is 1030 g/mol. The molecule has 0 saturated carbocycles. The van der Waals surface area contributed by atoms with Crippen LogP contribution in [0.2, 0.25) is 0 Å². The SMILES string of the molecule is Cc1ccc(C)c(-c2ccc(N(C3=C4C=CC5=C6C(=CC=C(C=C3)C46)C(N(c3ccc(-c4cc(C)ccc4C)cc3-c3cc(C)ccc3C)c3ccccc3C(F)(F)F)C=C5)c3ccccc3C(F)(F)F)c(-c3cc(C)ccc3C)c2)c1. The van der Waals surface area contributed by atoms with Gasteiger partial charge in [0.2, 0.25) is 0 Å². The molecular formula is C74H60F6N2. The number of alkyl halides is 6. The Bertz CT molecular complexity index is 4190. The van der Waals surface area contributed by atoms with E-state index in [0.717, 1.165) is 129 Å².